The number of aromatic nitrogens is 2. The Bertz CT molecular complexity index is 2250. The number of anilines is 2. The topological polar surface area (TPSA) is 96.6 Å². The zero-order valence-corrected chi connectivity index (χ0v) is 25.9. The van der Waals surface area contributed by atoms with E-state index >= 15 is 4.79 Å². The zero-order chi connectivity index (χ0) is 31.6. The second kappa shape index (κ2) is 10.7. The van der Waals surface area contributed by atoms with Crippen molar-refractivity contribution < 1.29 is 18.4 Å². The molecule has 0 radical (unpaired) electrons. The number of carbonyl (C=O) groups is 2. The van der Waals surface area contributed by atoms with Crippen molar-refractivity contribution in [2.24, 2.45) is 0 Å². The number of thioether (sulfide) groups is 1. The standard InChI is InChI=1S/C35H23FN4O4S2/c1-20-10-12-21(13-11-20)18-39-26-8-4-3-7-25(26)35(32(39)43)28-29(41)24-6-2-5-9-27(24)44-30(28)31(42)40(35)33-37-38-34(46-33)45-19-22-14-16-23(36)17-15-22/h2-17H,18-19H2,1H3. The molecule has 4 aromatic carbocycles. The highest BCUT2D eigenvalue weighted by molar-refractivity contribution is 8.00. The van der Waals surface area contributed by atoms with Crippen molar-refractivity contribution >= 4 is 56.7 Å². The fourth-order valence-corrected chi connectivity index (χ4v) is 8.07. The smallest absolute Gasteiger partial charge is 0.297 e. The first kappa shape index (κ1) is 28.4. The number of hydrogen-bond donors (Lipinski definition) is 0. The summed E-state index contributed by atoms with van der Waals surface area (Å²) in [5, 5.41) is 9.13. The van der Waals surface area contributed by atoms with Gasteiger partial charge in [0.05, 0.1) is 23.2 Å². The van der Waals surface area contributed by atoms with Gasteiger partial charge in [0.1, 0.15) is 11.4 Å². The molecular formula is C35H23FN4O4S2. The lowest BCUT2D eigenvalue weighted by molar-refractivity contribution is -0.121. The number of benzene rings is 4. The van der Waals surface area contributed by atoms with Gasteiger partial charge in [-0.1, -0.05) is 95.4 Å². The lowest BCUT2D eigenvalue weighted by Crippen LogP contribution is -2.53. The summed E-state index contributed by atoms with van der Waals surface area (Å²) in [5.74, 6) is -1.13. The predicted molar refractivity (Wildman–Crippen MR) is 175 cm³/mol. The number of para-hydroxylation sites is 2. The molecule has 11 heteroatoms. The van der Waals surface area contributed by atoms with E-state index in [-0.39, 0.29) is 39.8 Å². The highest BCUT2D eigenvalue weighted by Gasteiger charge is 2.66. The third kappa shape index (κ3) is 4.22. The molecule has 2 aromatic heterocycles. The van der Waals surface area contributed by atoms with Gasteiger partial charge in [0.15, 0.2) is 15.3 Å². The minimum atomic E-state index is -1.86. The van der Waals surface area contributed by atoms with Crippen LogP contribution in [0.4, 0.5) is 15.2 Å². The van der Waals surface area contributed by atoms with Gasteiger partial charge in [-0.2, -0.15) is 0 Å². The summed E-state index contributed by atoms with van der Waals surface area (Å²) in [6.07, 6.45) is 0. The van der Waals surface area contributed by atoms with Gasteiger partial charge < -0.3 is 9.32 Å². The van der Waals surface area contributed by atoms with Gasteiger partial charge in [-0.05, 0) is 48.4 Å². The number of carbonyl (C=O) groups excluding carboxylic acids is 2. The summed E-state index contributed by atoms with van der Waals surface area (Å²) < 4.78 is 20.1. The van der Waals surface area contributed by atoms with Crippen molar-refractivity contribution in [3.8, 4) is 0 Å². The third-order valence-electron chi connectivity index (χ3n) is 8.36. The molecule has 46 heavy (non-hydrogen) atoms. The van der Waals surface area contributed by atoms with E-state index in [0.717, 1.165) is 28.0 Å². The molecule has 0 aliphatic carbocycles. The molecule has 2 amide bonds. The van der Waals surface area contributed by atoms with Gasteiger partial charge in [-0.3, -0.25) is 19.3 Å². The highest BCUT2D eigenvalue weighted by atomic mass is 32.2. The van der Waals surface area contributed by atoms with Crippen molar-refractivity contribution in [3.63, 3.8) is 0 Å². The molecule has 8 rings (SSSR count). The molecule has 2 aliphatic rings. The maximum Gasteiger partial charge on any atom is 0.297 e. The first-order valence-electron chi connectivity index (χ1n) is 14.4. The Kier molecular flexibility index (Phi) is 6.62. The maximum absolute atomic E-state index is 15.1. The second-order valence-corrected chi connectivity index (χ2v) is 13.3. The Morgan fingerprint density at radius 1 is 0.870 bits per heavy atom. The lowest BCUT2D eigenvalue weighted by atomic mass is 9.84. The molecule has 0 bridgehead atoms. The predicted octanol–water partition coefficient (Wildman–Crippen LogP) is 6.84. The normalized spacial score (nSPS) is 16.9. The number of fused-ring (bicyclic) bond motifs is 5. The Hall–Kier alpha value is -5.13. The van der Waals surface area contributed by atoms with Crippen LogP contribution in [-0.2, 0) is 22.6 Å². The fraction of sp³-hybridized carbons (Fsp3) is 0.114. The van der Waals surface area contributed by atoms with E-state index in [1.807, 2.05) is 43.3 Å². The SMILES string of the molecule is Cc1ccc(CN2C(=O)C3(c4ccccc42)c2c(oc4ccccc4c2=O)C(=O)N3c2nnc(SCc3ccc(F)cc3)s2)cc1. The van der Waals surface area contributed by atoms with Crippen molar-refractivity contribution in [2.45, 2.75) is 29.1 Å². The number of nitrogens with zero attached hydrogens (tertiary/aromatic N) is 4. The summed E-state index contributed by atoms with van der Waals surface area (Å²) in [6, 6.07) is 28.0. The number of aryl methyl sites for hydroxylation is 1. The molecule has 4 heterocycles. The second-order valence-electron chi connectivity index (χ2n) is 11.1. The zero-order valence-electron chi connectivity index (χ0n) is 24.3. The minimum Gasteiger partial charge on any atom is -0.450 e. The number of hydrogen-bond acceptors (Lipinski definition) is 8. The Morgan fingerprint density at radius 2 is 1.59 bits per heavy atom. The van der Waals surface area contributed by atoms with Crippen LogP contribution >= 0.6 is 23.1 Å². The highest BCUT2D eigenvalue weighted by Crippen LogP contribution is 2.55. The maximum atomic E-state index is 15.1. The van der Waals surface area contributed by atoms with Crippen molar-refractivity contribution in [2.75, 3.05) is 9.80 Å². The quantitative estimate of drug-likeness (QED) is 0.145. The van der Waals surface area contributed by atoms with Gasteiger partial charge in [-0.15, -0.1) is 10.2 Å². The third-order valence-corrected chi connectivity index (χ3v) is 10.5. The molecule has 0 fully saturated rings. The molecular weight excluding hydrogens is 624 g/mol. The van der Waals surface area contributed by atoms with Crippen LogP contribution in [0.3, 0.4) is 0 Å². The Balaban J connectivity index is 1.30. The summed E-state index contributed by atoms with van der Waals surface area (Å²) in [6.45, 7) is 2.22. The molecule has 6 aromatic rings. The lowest BCUT2D eigenvalue weighted by Gasteiger charge is -2.32. The average molecular weight is 647 g/mol. The molecule has 0 N–H and O–H groups in total. The van der Waals surface area contributed by atoms with Crippen molar-refractivity contribution in [1.82, 2.24) is 10.2 Å². The monoisotopic (exact) mass is 646 g/mol. The van der Waals surface area contributed by atoms with Crippen molar-refractivity contribution in [1.29, 1.82) is 0 Å². The van der Waals surface area contributed by atoms with E-state index in [2.05, 4.69) is 10.2 Å². The number of rotatable bonds is 6. The van der Waals surface area contributed by atoms with Crippen LogP contribution in [0.25, 0.3) is 11.0 Å². The molecule has 1 atom stereocenters. The first-order valence-corrected chi connectivity index (χ1v) is 16.2. The number of amides is 2. The van der Waals surface area contributed by atoms with Crippen LogP contribution in [0.1, 0.15) is 38.4 Å². The molecule has 2 aliphatic heterocycles. The Morgan fingerprint density at radius 3 is 2.39 bits per heavy atom. The summed E-state index contributed by atoms with van der Waals surface area (Å²) in [5.41, 5.74) is 1.83. The molecule has 1 unspecified atom stereocenters. The van der Waals surface area contributed by atoms with E-state index in [1.54, 1.807) is 53.4 Å². The van der Waals surface area contributed by atoms with Crippen LogP contribution in [-0.4, -0.2) is 22.0 Å². The van der Waals surface area contributed by atoms with Crippen molar-refractivity contribution in [3.05, 3.63) is 147 Å². The van der Waals surface area contributed by atoms with Gasteiger partial charge >= 0.3 is 0 Å². The van der Waals surface area contributed by atoms with Crippen LogP contribution in [0.2, 0.25) is 0 Å². The van der Waals surface area contributed by atoms with E-state index in [1.165, 1.54) is 28.8 Å². The summed E-state index contributed by atoms with van der Waals surface area (Å²) in [7, 11) is 0. The van der Waals surface area contributed by atoms with Gasteiger partial charge in [0.25, 0.3) is 11.8 Å². The number of halogens is 1. The molecule has 8 nitrogen and oxygen atoms in total. The molecule has 226 valence electrons. The van der Waals surface area contributed by atoms with Gasteiger partial charge in [-0.25, -0.2) is 4.39 Å². The Labute approximate surface area is 270 Å². The molecule has 0 saturated heterocycles. The largest absolute Gasteiger partial charge is 0.450 e. The van der Waals surface area contributed by atoms with Gasteiger partial charge in [0, 0.05) is 11.3 Å². The van der Waals surface area contributed by atoms with E-state index < -0.39 is 22.8 Å². The van der Waals surface area contributed by atoms with E-state index in [4.69, 9.17) is 4.42 Å². The van der Waals surface area contributed by atoms with Crippen LogP contribution in [0.15, 0.2) is 111 Å². The van der Waals surface area contributed by atoms with Gasteiger partial charge in [0.2, 0.25) is 10.9 Å². The average Bonchev–Trinajstić information content (AvgIpc) is 3.71. The molecule has 1 spiro atoms. The fourth-order valence-electron chi connectivity index (χ4n) is 6.22. The summed E-state index contributed by atoms with van der Waals surface area (Å²) >= 11 is 2.51. The van der Waals surface area contributed by atoms with E-state index in [9.17, 15) is 14.0 Å². The first-order chi connectivity index (χ1) is 22.4. The van der Waals surface area contributed by atoms with Crippen LogP contribution in [0.5, 0.6) is 0 Å². The summed E-state index contributed by atoms with van der Waals surface area (Å²) in [4.78, 5) is 46.8. The van der Waals surface area contributed by atoms with Crippen LogP contribution in [0, 0.1) is 12.7 Å². The van der Waals surface area contributed by atoms with E-state index in [0.29, 0.717) is 21.3 Å². The molecule has 0 saturated carbocycles. The minimum absolute atomic E-state index is 0.0317. The van der Waals surface area contributed by atoms with Crippen LogP contribution < -0.4 is 15.2 Å².